The van der Waals surface area contributed by atoms with Gasteiger partial charge in [-0.1, -0.05) is 52.4 Å². The lowest BCUT2D eigenvalue weighted by Gasteiger charge is -2.10. The largest absolute Gasteiger partial charge is 0.314 e. The quantitative estimate of drug-likeness (QED) is 0.522. The molecule has 0 spiro atoms. The Kier molecular flexibility index (Phi) is 11.0. The molecule has 0 rings (SSSR count). The fourth-order valence-electron chi connectivity index (χ4n) is 1.57. The van der Waals surface area contributed by atoms with Crippen LogP contribution in [0.5, 0.6) is 0 Å². The molecule has 1 atom stereocenters. The van der Waals surface area contributed by atoms with Crippen LogP contribution in [0, 0.1) is 0 Å². The van der Waals surface area contributed by atoms with Crippen molar-refractivity contribution >= 4 is 0 Å². The van der Waals surface area contributed by atoms with Crippen molar-refractivity contribution in [3.8, 4) is 0 Å². The third kappa shape index (κ3) is 10.0. The number of unbranched alkanes of at least 4 members (excludes halogenated alkanes) is 6. The van der Waals surface area contributed by atoms with Crippen LogP contribution in [0.25, 0.3) is 0 Å². The van der Waals surface area contributed by atoms with Gasteiger partial charge < -0.3 is 5.32 Å². The molecule has 0 bridgehead atoms. The predicted octanol–water partition coefficient (Wildman–Crippen LogP) is 4.13. The Morgan fingerprint density at radius 3 is 2.00 bits per heavy atom. The highest BCUT2D eigenvalue weighted by atomic mass is 14.9. The lowest BCUT2D eigenvalue weighted by atomic mass is 10.1. The zero-order chi connectivity index (χ0) is 10.6. The molecular formula is C13H29N. The average Bonchev–Trinajstić information content (AvgIpc) is 2.21. The maximum Gasteiger partial charge on any atom is 0.00360 e. The van der Waals surface area contributed by atoms with Gasteiger partial charge in [0.2, 0.25) is 0 Å². The molecule has 1 heteroatoms. The summed E-state index contributed by atoms with van der Waals surface area (Å²) in [6, 6.07) is 0.704. The molecule has 86 valence electrons. The summed E-state index contributed by atoms with van der Waals surface area (Å²) in [5, 5.41) is 3.53. The third-order valence-corrected chi connectivity index (χ3v) is 2.89. The zero-order valence-corrected chi connectivity index (χ0v) is 10.4. The molecule has 1 unspecified atom stereocenters. The molecule has 0 aliphatic heterocycles. The van der Waals surface area contributed by atoms with E-state index < -0.39 is 0 Å². The van der Waals surface area contributed by atoms with Crippen LogP contribution in [0.2, 0.25) is 0 Å². The lowest BCUT2D eigenvalue weighted by molar-refractivity contribution is 0.503. The van der Waals surface area contributed by atoms with Crippen molar-refractivity contribution in [1.29, 1.82) is 0 Å². The van der Waals surface area contributed by atoms with Gasteiger partial charge in [0.1, 0.15) is 0 Å². The average molecular weight is 199 g/mol. The number of hydrogen-bond donors (Lipinski definition) is 1. The molecule has 0 aliphatic rings. The van der Waals surface area contributed by atoms with E-state index in [4.69, 9.17) is 0 Å². The Hall–Kier alpha value is -0.0400. The fourth-order valence-corrected chi connectivity index (χ4v) is 1.57. The molecule has 0 radical (unpaired) electrons. The minimum atomic E-state index is 0.704. The van der Waals surface area contributed by atoms with Crippen molar-refractivity contribution in [3.63, 3.8) is 0 Å². The van der Waals surface area contributed by atoms with Crippen LogP contribution >= 0.6 is 0 Å². The Morgan fingerprint density at radius 2 is 1.43 bits per heavy atom. The van der Waals surface area contributed by atoms with Gasteiger partial charge in [-0.3, -0.25) is 0 Å². The van der Waals surface area contributed by atoms with E-state index in [-0.39, 0.29) is 0 Å². The molecule has 1 N–H and O–H groups in total. The van der Waals surface area contributed by atoms with Crippen LogP contribution in [0.15, 0.2) is 0 Å². The van der Waals surface area contributed by atoms with Gasteiger partial charge in [-0.05, 0) is 26.3 Å². The smallest absolute Gasteiger partial charge is 0.00360 e. The van der Waals surface area contributed by atoms with Crippen molar-refractivity contribution < 1.29 is 0 Å². The van der Waals surface area contributed by atoms with E-state index in [1.807, 2.05) is 0 Å². The van der Waals surface area contributed by atoms with E-state index in [1.54, 1.807) is 0 Å². The highest BCUT2D eigenvalue weighted by molar-refractivity contribution is 4.57. The Labute approximate surface area is 90.7 Å². The minimum Gasteiger partial charge on any atom is -0.314 e. The summed E-state index contributed by atoms with van der Waals surface area (Å²) in [5.41, 5.74) is 0. The molecule has 0 heterocycles. The van der Waals surface area contributed by atoms with E-state index in [2.05, 4.69) is 26.1 Å². The fraction of sp³-hybridized carbons (Fsp3) is 1.00. The van der Waals surface area contributed by atoms with Crippen molar-refractivity contribution in [2.24, 2.45) is 0 Å². The molecule has 0 fully saturated rings. The number of nitrogens with one attached hydrogen (secondary N) is 1. The molecule has 0 saturated carbocycles. The number of rotatable bonds is 10. The van der Waals surface area contributed by atoms with Gasteiger partial charge in [0, 0.05) is 6.04 Å². The second-order valence-electron chi connectivity index (χ2n) is 4.38. The Morgan fingerprint density at radius 1 is 0.857 bits per heavy atom. The van der Waals surface area contributed by atoms with Crippen molar-refractivity contribution in [3.05, 3.63) is 0 Å². The Bertz CT molecular complexity index is 101. The topological polar surface area (TPSA) is 12.0 Å². The van der Waals surface area contributed by atoms with Crippen molar-refractivity contribution in [2.45, 2.75) is 78.2 Å². The second-order valence-corrected chi connectivity index (χ2v) is 4.38. The number of hydrogen-bond acceptors (Lipinski definition) is 1. The van der Waals surface area contributed by atoms with Gasteiger partial charge in [0.05, 0.1) is 0 Å². The van der Waals surface area contributed by atoms with Gasteiger partial charge in [-0.15, -0.1) is 0 Å². The maximum absolute atomic E-state index is 3.53. The van der Waals surface area contributed by atoms with Crippen LogP contribution in [0.4, 0.5) is 0 Å². The minimum absolute atomic E-state index is 0.704. The van der Waals surface area contributed by atoms with Crippen molar-refractivity contribution in [2.75, 3.05) is 6.54 Å². The predicted molar refractivity (Wildman–Crippen MR) is 65.7 cm³/mol. The SMILES string of the molecule is CCCCCCCCCNC(C)CC. The summed E-state index contributed by atoms with van der Waals surface area (Å²) >= 11 is 0. The summed E-state index contributed by atoms with van der Waals surface area (Å²) in [5.74, 6) is 0. The normalized spacial score (nSPS) is 13.1. The molecule has 0 aromatic carbocycles. The highest BCUT2D eigenvalue weighted by Crippen LogP contribution is 2.06. The molecule has 1 nitrogen and oxygen atoms in total. The monoisotopic (exact) mass is 199 g/mol. The van der Waals surface area contributed by atoms with Crippen LogP contribution in [0.3, 0.4) is 0 Å². The molecule has 0 amide bonds. The highest BCUT2D eigenvalue weighted by Gasteiger charge is 1.95. The van der Waals surface area contributed by atoms with Gasteiger partial charge >= 0.3 is 0 Å². The summed E-state index contributed by atoms with van der Waals surface area (Å²) in [7, 11) is 0. The van der Waals surface area contributed by atoms with Crippen LogP contribution < -0.4 is 5.32 Å². The van der Waals surface area contributed by atoms with E-state index in [1.165, 1.54) is 57.9 Å². The lowest BCUT2D eigenvalue weighted by Crippen LogP contribution is -2.25. The zero-order valence-electron chi connectivity index (χ0n) is 10.4. The summed E-state index contributed by atoms with van der Waals surface area (Å²) in [6.45, 7) is 7.99. The van der Waals surface area contributed by atoms with Crippen LogP contribution in [-0.4, -0.2) is 12.6 Å². The molecule has 0 aromatic heterocycles. The molecule has 14 heavy (non-hydrogen) atoms. The molecule has 0 aliphatic carbocycles. The second kappa shape index (κ2) is 11.0. The summed E-state index contributed by atoms with van der Waals surface area (Å²) in [4.78, 5) is 0. The first kappa shape index (κ1) is 14.0. The van der Waals surface area contributed by atoms with Crippen molar-refractivity contribution in [1.82, 2.24) is 5.32 Å². The van der Waals surface area contributed by atoms with E-state index in [0.29, 0.717) is 6.04 Å². The summed E-state index contributed by atoms with van der Waals surface area (Å²) in [6.07, 6.45) is 11.1. The van der Waals surface area contributed by atoms with E-state index >= 15 is 0 Å². The van der Waals surface area contributed by atoms with Gasteiger partial charge in [0.25, 0.3) is 0 Å². The maximum atomic E-state index is 3.53. The van der Waals surface area contributed by atoms with Gasteiger partial charge in [0.15, 0.2) is 0 Å². The first-order valence-corrected chi connectivity index (χ1v) is 6.54. The van der Waals surface area contributed by atoms with Crippen LogP contribution in [-0.2, 0) is 0 Å². The van der Waals surface area contributed by atoms with Crippen LogP contribution in [0.1, 0.15) is 72.1 Å². The molecular weight excluding hydrogens is 170 g/mol. The van der Waals surface area contributed by atoms with Gasteiger partial charge in [-0.25, -0.2) is 0 Å². The molecule has 0 aromatic rings. The third-order valence-electron chi connectivity index (χ3n) is 2.89. The summed E-state index contributed by atoms with van der Waals surface area (Å²) < 4.78 is 0. The standard InChI is InChI=1S/C13H29N/c1-4-6-7-8-9-10-11-12-14-13(3)5-2/h13-14H,4-12H2,1-3H3. The van der Waals surface area contributed by atoms with Gasteiger partial charge in [-0.2, -0.15) is 0 Å². The Balaban J connectivity index is 2.92. The van der Waals surface area contributed by atoms with E-state index in [9.17, 15) is 0 Å². The first-order chi connectivity index (χ1) is 6.81. The molecule has 0 saturated heterocycles. The first-order valence-electron chi connectivity index (χ1n) is 6.54. The van der Waals surface area contributed by atoms with E-state index in [0.717, 1.165) is 0 Å².